The lowest BCUT2D eigenvalue weighted by Crippen LogP contribution is -2.50. The monoisotopic (exact) mass is 210 g/mol. The summed E-state index contributed by atoms with van der Waals surface area (Å²) in [6.45, 7) is 4.20. The number of rotatable bonds is 1. The van der Waals surface area contributed by atoms with Crippen molar-refractivity contribution >= 4 is 5.91 Å². The first kappa shape index (κ1) is 10.9. The number of carbonyl (C=O) groups excluding carboxylic acids is 1. The van der Waals surface area contributed by atoms with Gasteiger partial charge in [0, 0.05) is 31.6 Å². The van der Waals surface area contributed by atoms with Gasteiger partial charge in [0.1, 0.15) is 0 Å². The standard InChI is InChI=1S/C12H22N2O/c1-10-6-7-11(9-13-10)14-8-4-2-3-5-12(14)15/h10-11,13H,2-9H2,1H3. The van der Waals surface area contributed by atoms with E-state index in [4.69, 9.17) is 0 Å². The normalized spacial score (nSPS) is 33.9. The molecule has 15 heavy (non-hydrogen) atoms. The van der Waals surface area contributed by atoms with Crippen LogP contribution < -0.4 is 5.32 Å². The molecule has 2 saturated heterocycles. The molecule has 0 aliphatic carbocycles. The smallest absolute Gasteiger partial charge is 0.222 e. The molecule has 2 atom stereocenters. The summed E-state index contributed by atoms with van der Waals surface area (Å²) >= 11 is 0. The van der Waals surface area contributed by atoms with E-state index in [0.717, 1.165) is 25.9 Å². The zero-order valence-electron chi connectivity index (χ0n) is 9.67. The summed E-state index contributed by atoms with van der Waals surface area (Å²) in [6, 6.07) is 1.09. The minimum absolute atomic E-state index is 0.383. The topological polar surface area (TPSA) is 32.3 Å². The number of hydrogen-bond donors (Lipinski definition) is 1. The summed E-state index contributed by atoms with van der Waals surface area (Å²) < 4.78 is 0. The molecular weight excluding hydrogens is 188 g/mol. The van der Waals surface area contributed by atoms with Gasteiger partial charge in [0.2, 0.25) is 5.91 Å². The van der Waals surface area contributed by atoms with Crippen LogP contribution in [0.3, 0.4) is 0 Å². The summed E-state index contributed by atoms with van der Waals surface area (Å²) in [6.07, 6.45) is 6.66. The van der Waals surface area contributed by atoms with Gasteiger partial charge in [0.25, 0.3) is 0 Å². The number of likely N-dealkylation sites (tertiary alicyclic amines) is 1. The first-order valence-electron chi connectivity index (χ1n) is 6.30. The molecule has 2 aliphatic rings. The van der Waals surface area contributed by atoms with Crippen molar-refractivity contribution in [1.29, 1.82) is 0 Å². The van der Waals surface area contributed by atoms with Gasteiger partial charge in [-0.1, -0.05) is 6.42 Å². The first-order valence-corrected chi connectivity index (χ1v) is 6.30. The number of nitrogens with one attached hydrogen (secondary N) is 1. The van der Waals surface area contributed by atoms with Crippen LogP contribution in [0.25, 0.3) is 0 Å². The van der Waals surface area contributed by atoms with Crippen molar-refractivity contribution in [2.75, 3.05) is 13.1 Å². The van der Waals surface area contributed by atoms with Crippen molar-refractivity contribution in [3.63, 3.8) is 0 Å². The molecule has 1 amide bonds. The Morgan fingerprint density at radius 1 is 1.27 bits per heavy atom. The van der Waals surface area contributed by atoms with Crippen LogP contribution in [0, 0.1) is 0 Å². The fraction of sp³-hybridized carbons (Fsp3) is 0.917. The molecule has 2 rings (SSSR count). The third-order valence-electron chi connectivity index (χ3n) is 3.69. The van der Waals surface area contributed by atoms with E-state index in [1.165, 1.54) is 25.7 Å². The van der Waals surface area contributed by atoms with Crippen LogP contribution in [0.4, 0.5) is 0 Å². The molecule has 86 valence electrons. The van der Waals surface area contributed by atoms with Gasteiger partial charge in [-0.05, 0) is 32.6 Å². The van der Waals surface area contributed by atoms with Crippen LogP contribution in [0.5, 0.6) is 0 Å². The highest BCUT2D eigenvalue weighted by atomic mass is 16.2. The molecule has 0 spiro atoms. The van der Waals surface area contributed by atoms with E-state index in [-0.39, 0.29) is 0 Å². The molecule has 0 radical (unpaired) electrons. The molecule has 2 unspecified atom stereocenters. The number of nitrogens with zero attached hydrogens (tertiary/aromatic N) is 1. The summed E-state index contributed by atoms with van der Waals surface area (Å²) in [5, 5.41) is 3.48. The van der Waals surface area contributed by atoms with Gasteiger partial charge >= 0.3 is 0 Å². The van der Waals surface area contributed by atoms with E-state index in [9.17, 15) is 4.79 Å². The minimum Gasteiger partial charge on any atom is -0.338 e. The second-order valence-corrected chi connectivity index (χ2v) is 4.94. The number of amides is 1. The Bertz CT molecular complexity index is 222. The van der Waals surface area contributed by atoms with E-state index >= 15 is 0 Å². The second kappa shape index (κ2) is 4.97. The Kier molecular flexibility index (Phi) is 3.62. The molecule has 0 bridgehead atoms. The highest BCUT2D eigenvalue weighted by Gasteiger charge is 2.27. The molecule has 0 aromatic rings. The Hall–Kier alpha value is -0.570. The lowest BCUT2D eigenvalue weighted by molar-refractivity contribution is -0.133. The van der Waals surface area contributed by atoms with E-state index in [1.54, 1.807) is 0 Å². The Morgan fingerprint density at radius 2 is 2.13 bits per heavy atom. The van der Waals surface area contributed by atoms with Crippen molar-refractivity contribution in [1.82, 2.24) is 10.2 Å². The number of piperidine rings is 1. The molecule has 2 fully saturated rings. The fourth-order valence-corrected chi connectivity index (χ4v) is 2.64. The van der Waals surface area contributed by atoms with Crippen LogP contribution in [-0.2, 0) is 4.79 Å². The molecule has 1 N–H and O–H groups in total. The molecule has 3 heteroatoms. The third kappa shape index (κ3) is 2.71. The van der Waals surface area contributed by atoms with Crippen molar-refractivity contribution in [3.05, 3.63) is 0 Å². The van der Waals surface area contributed by atoms with Gasteiger partial charge in [0.15, 0.2) is 0 Å². The van der Waals surface area contributed by atoms with Crippen LogP contribution >= 0.6 is 0 Å². The summed E-state index contributed by atoms with van der Waals surface area (Å²) in [4.78, 5) is 14.0. The van der Waals surface area contributed by atoms with Gasteiger partial charge in [-0.15, -0.1) is 0 Å². The lowest BCUT2D eigenvalue weighted by Gasteiger charge is -2.36. The van der Waals surface area contributed by atoms with E-state index in [1.807, 2.05) is 0 Å². The predicted octanol–water partition coefficient (Wildman–Crippen LogP) is 1.53. The summed E-state index contributed by atoms with van der Waals surface area (Å²) in [7, 11) is 0. The molecular formula is C12H22N2O. The molecule has 2 aliphatic heterocycles. The average Bonchev–Trinajstić information content (AvgIpc) is 2.44. The Morgan fingerprint density at radius 3 is 2.87 bits per heavy atom. The SMILES string of the molecule is CC1CCC(N2CCCCCC2=O)CN1. The molecule has 0 aromatic heterocycles. The molecule has 0 aromatic carbocycles. The van der Waals surface area contributed by atoms with Gasteiger partial charge in [-0.25, -0.2) is 0 Å². The van der Waals surface area contributed by atoms with Crippen molar-refractivity contribution in [3.8, 4) is 0 Å². The third-order valence-corrected chi connectivity index (χ3v) is 3.69. The van der Waals surface area contributed by atoms with Crippen LogP contribution in [-0.4, -0.2) is 36.0 Å². The van der Waals surface area contributed by atoms with Crippen molar-refractivity contribution in [2.24, 2.45) is 0 Å². The van der Waals surface area contributed by atoms with Crippen LogP contribution in [0.15, 0.2) is 0 Å². The van der Waals surface area contributed by atoms with Crippen LogP contribution in [0.2, 0.25) is 0 Å². The van der Waals surface area contributed by atoms with E-state index in [0.29, 0.717) is 18.0 Å². The maximum Gasteiger partial charge on any atom is 0.222 e. The summed E-state index contributed by atoms with van der Waals surface area (Å²) in [5.41, 5.74) is 0. The van der Waals surface area contributed by atoms with Gasteiger partial charge in [-0.2, -0.15) is 0 Å². The lowest BCUT2D eigenvalue weighted by atomic mass is 10.0. The highest BCUT2D eigenvalue weighted by molar-refractivity contribution is 5.76. The molecule has 2 heterocycles. The van der Waals surface area contributed by atoms with Gasteiger partial charge in [-0.3, -0.25) is 4.79 Å². The Balaban J connectivity index is 1.92. The van der Waals surface area contributed by atoms with E-state index in [2.05, 4.69) is 17.1 Å². The Labute approximate surface area is 92.2 Å². The number of carbonyl (C=O) groups is 1. The van der Waals surface area contributed by atoms with Crippen molar-refractivity contribution in [2.45, 2.75) is 57.5 Å². The summed E-state index contributed by atoms with van der Waals surface area (Å²) in [5.74, 6) is 0.383. The zero-order valence-corrected chi connectivity index (χ0v) is 9.67. The maximum absolute atomic E-state index is 11.9. The van der Waals surface area contributed by atoms with Gasteiger partial charge < -0.3 is 10.2 Å². The molecule has 3 nitrogen and oxygen atoms in total. The zero-order chi connectivity index (χ0) is 10.7. The second-order valence-electron chi connectivity index (χ2n) is 4.94. The average molecular weight is 210 g/mol. The fourth-order valence-electron chi connectivity index (χ4n) is 2.64. The molecule has 0 saturated carbocycles. The maximum atomic E-state index is 11.9. The first-order chi connectivity index (χ1) is 7.27. The van der Waals surface area contributed by atoms with Crippen LogP contribution in [0.1, 0.15) is 45.4 Å². The van der Waals surface area contributed by atoms with Gasteiger partial charge in [0.05, 0.1) is 0 Å². The number of hydrogen-bond acceptors (Lipinski definition) is 2. The van der Waals surface area contributed by atoms with E-state index < -0.39 is 0 Å². The largest absolute Gasteiger partial charge is 0.338 e. The predicted molar refractivity (Wildman–Crippen MR) is 60.7 cm³/mol. The highest BCUT2D eigenvalue weighted by Crippen LogP contribution is 2.19. The quantitative estimate of drug-likeness (QED) is 0.712. The van der Waals surface area contributed by atoms with Crippen molar-refractivity contribution < 1.29 is 4.79 Å². The minimum atomic E-state index is 0.383.